The van der Waals surface area contributed by atoms with Gasteiger partial charge < -0.3 is 21.1 Å². The summed E-state index contributed by atoms with van der Waals surface area (Å²) >= 11 is 6.20. The molecule has 4 N–H and O–H groups in total. The van der Waals surface area contributed by atoms with Gasteiger partial charge in [-0.1, -0.05) is 11.6 Å². The van der Waals surface area contributed by atoms with Crippen molar-refractivity contribution < 1.29 is 41.4 Å². The Morgan fingerprint density at radius 3 is 2.41 bits per heavy atom. The number of halogens is 6. The van der Waals surface area contributed by atoms with E-state index in [9.17, 15) is 36.3 Å². The van der Waals surface area contributed by atoms with Gasteiger partial charge in [0.25, 0.3) is 11.8 Å². The third-order valence-electron chi connectivity index (χ3n) is 5.42. The SMILES string of the molecule is O=C(CO)Nc1cc(NC(=O)c2cc(F)cc(C(F)(F)F)c2)c2c(c1)C(=O)NC2c1cc(F)ccc1Cl. The lowest BCUT2D eigenvalue weighted by Gasteiger charge is -2.19. The first-order valence-corrected chi connectivity index (χ1v) is 10.8. The van der Waals surface area contributed by atoms with Gasteiger partial charge in [-0.15, -0.1) is 0 Å². The van der Waals surface area contributed by atoms with Crippen LogP contribution >= 0.6 is 11.6 Å². The topological polar surface area (TPSA) is 108 Å². The van der Waals surface area contributed by atoms with Crippen LogP contribution in [-0.2, 0) is 11.0 Å². The summed E-state index contributed by atoms with van der Waals surface area (Å²) in [7, 11) is 0. The van der Waals surface area contributed by atoms with Crippen LogP contribution in [0.3, 0.4) is 0 Å². The van der Waals surface area contributed by atoms with Crippen LogP contribution in [0.2, 0.25) is 5.02 Å². The molecule has 3 aromatic carbocycles. The number of carbonyl (C=O) groups excluding carboxylic acids is 3. The number of aliphatic hydroxyl groups is 1. The Balaban J connectivity index is 1.83. The zero-order valence-electron chi connectivity index (χ0n) is 18.3. The van der Waals surface area contributed by atoms with E-state index in [1.165, 1.54) is 18.2 Å². The molecule has 0 aromatic heterocycles. The van der Waals surface area contributed by atoms with E-state index in [4.69, 9.17) is 16.7 Å². The lowest BCUT2D eigenvalue weighted by atomic mass is 9.95. The van der Waals surface area contributed by atoms with Crippen molar-refractivity contribution in [2.24, 2.45) is 0 Å². The number of fused-ring (bicyclic) bond motifs is 1. The normalized spacial score (nSPS) is 14.7. The minimum Gasteiger partial charge on any atom is -0.387 e. The van der Waals surface area contributed by atoms with Crippen LogP contribution in [0.5, 0.6) is 0 Å². The van der Waals surface area contributed by atoms with Gasteiger partial charge in [0, 0.05) is 38.7 Å². The summed E-state index contributed by atoms with van der Waals surface area (Å²) in [6.45, 7) is -0.907. The summed E-state index contributed by atoms with van der Waals surface area (Å²) < 4.78 is 67.3. The highest BCUT2D eigenvalue weighted by Gasteiger charge is 2.36. The largest absolute Gasteiger partial charge is 0.416 e. The number of hydrogen-bond donors (Lipinski definition) is 4. The summed E-state index contributed by atoms with van der Waals surface area (Å²) in [4.78, 5) is 37.4. The molecule has 0 saturated heterocycles. The molecule has 0 fully saturated rings. The fourth-order valence-corrected chi connectivity index (χ4v) is 4.08. The van der Waals surface area contributed by atoms with E-state index in [2.05, 4.69) is 16.0 Å². The smallest absolute Gasteiger partial charge is 0.387 e. The number of amides is 3. The third-order valence-corrected chi connectivity index (χ3v) is 5.76. The second-order valence-electron chi connectivity index (χ2n) is 7.94. The van der Waals surface area contributed by atoms with Crippen LogP contribution in [0.25, 0.3) is 0 Å². The van der Waals surface area contributed by atoms with E-state index < -0.39 is 59.3 Å². The van der Waals surface area contributed by atoms with Gasteiger partial charge in [-0.05, 0) is 48.5 Å². The van der Waals surface area contributed by atoms with Gasteiger partial charge in [0.05, 0.1) is 11.6 Å². The fourth-order valence-electron chi connectivity index (χ4n) is 3.86. The number of alkyl halides is 3. The zero-order valence-corrected chi connectivity index (χ0v) is 19.1. The van der Waals surface area contributed by atoms with Crippen molar-refractivity contribution in [3.63, 3.8) is 0 Å². The highest BCUT2D eigenvalue weighted by atomic mass is 35.5. The minimum atomic E-state index is -4.93. The molecule has 7 nitrogen and oxygen atoms in total. The van der Waals surface area contributed by atoms with E-state index in [-0.39, 0.29) is 39.2 Å². The van der Waals surface area contributed by atoms with Crippen LogP contribution < -0.4 is 16.0 Å². The second-order valence-corrected chi connectivity index (χ2v) is 8.35. The molecule has 0 radical (unpaired) electrons. The van der Waals surface area contributed by atoms with Gasteiger partial charge in [-0.2, -0.15) is 13.2 Å². The number of carbonyl (C=O) groups is 3. The molecule has 1 aliphatic rings. The number of benzene rings is 3. The van der Waals surface area contributed by atoms with Crippen molar-refractivity contribution in [2.75, 3.05) is 17.2 Å². The van der Waals surface area contributed by atoms with Crippen molar-refractivity contribution in [1.29, 1.82) is 0 Å². The predicted octanol–water partition coefficient (Wildman–Crippen LogP) is 4.65. The number of nitrogens with one attached hydrogen (secondary N) is 3. The van der Waals surface area contributed by atoms with Crippen molar-refractivity contribution in [3.8, 4) is 0 Å². The summed E-state index contributed by atoms with van der Waals surface area (Å²) in [6.07, 6.45) is -4.93. The first-order chi connectivity index (χ1) is 17.4. The van der Waals surface area contributed by atoms with E-state index >= 15 is 0 Å². The fraction of sp³-hybridized carbons (Fsp3) is 0.125. The molecule has 192 valence electrons. The molecule has 1 unspecified atom stereocenters. The molecule has 4 rings (SSSR count). The molecule has 0 saturated carbocycles. The maximum Gasteiger partial charge on any atom is 0.416 e. The van der Waals surface area contributed by atoms with E-state index in [0.29, 0.717) is 12.1 Å². The monoisotopic (exact) mass is 539 g/mol. The maximum atomic E-state index is 14.0. The average molecular weight is 540 g/mol. The number of rotatable bonds is 5. The van der Waals surface area contributed by atoms with E-state index in [1.54, 1.807) is 0 Å². The molecule has 3 amide bonds. The Labute approximate surface area is 210 Å². The predicted molar refractivity (Wildman–Crippen MR) is 122 cm³/mol. The van der Waals surface area contributed by atoms with Gasteiger partial charge in [0.15, 0.2) is 0 Å². The van der Waals surface area contributed by atoms with Gasteiger partial charge in [-0.25, -0.2) is 8.78 Å². The number of anilines is 2. The van der Waals surface area contributed by atoms with Gasteiger partial charge in [0.1, 0.15) is 18.2 Å². The maximum absolute atomic E-state index is 14.0. The Morgan fingerprint density at radius 1 is 1.00 bits per heavy atom. The highest BCUT2D eigenvalue weighted by Crippen LogP contribution is 2.41. The molecule has 1 atom stereocenters. The van der Waals surface area contributed by atoms with Crippen molar-refractivity contribution in [1.82, 2.24) is 5.32 Å². The molecule has 3 aromatic rings. The highest BCUT2D eigenvalue weighted by molar-refractivity contribution is 6.31. The summed E-state index contributed by atoms with van der Waals surface area (Å²) in [5, 5.41) is 16.3. The molecule has 1 heterocycles. The average Bonchev–Trinajstić information content (AvgIpc) is 3.16. The van der Waals surface area contributed by atoms with Gasteiger partial charge in [-0.3, -0.25) is 14.4 Å². The minimum absolute atomic E-state index is 0.0514. The van der Waals surface area contributed by atoms with Crippen LogP contribution in [-0.4, -0.2) is 29.4 Å². The van der Waals surface area contributed by atoms with E-state index in [1.807, 2.05) is 0 Å². The van der Waals surface area contributed by atoms with E-state index in [0.717, 1.165) is 12.1 Å². The Bertz CT molecular complexity index is 1440. The van der Waals surface area contributed by atoms with Crippen molar-refractivity contribution in [2.45, 2.75) is 12.2 Å². The molecule has 13 heteroatoms. The van der Waals surface area contributed by atoms with Crippen molar-refractivity contribution in [3.05, 3.63) is 93.0 Å². The quantitative estimate of drug-likeness (QED) is 0.354. The first kappa shape index (κ1) is 26.0. The molecular formula is C24H15ClF5N3O4. The van der Waals surface area contributed by atoms with Crippen LogP contribution in [0.15, 0.2) is 48.5 Å². The number of aliphatic hydroxyl groups excluding tert-OH is 1. The summed E-state index contributed by atoms with van der Waals surface area (Å²) in [5.74, 6) is -4.71. The molecule has 37 heavy (non-hydrogen) atoms. The summed E-state index contributed by atoms with van der Waals surface area (Å²) in [5.41, 5.74) is -2.19. The van der Waals surface area contributed by atoms with Crippen molar-refractivity contribution >= 4 is 40.7 Å². The summed E-state index contributed by atoms with van der Waals surface area (Å²) in [6, 6.07) is 5.95. The zero-order chi connectivity index (χ0) is 27.1. The first-order valence-electron chi connectivity index (χ1n) is 10.4. The second kappa shape index (κ2) is 9.79. The van der Waals surface area contributed by atoms with Crippen LogP contribution in [0, 0.1) is 11.6 Å². The van der Waals surface area contributed by atoms with Gasteiger partial charge in [0.2, 0.25) is 5.91 Å². The molecule has 1 aliphatic heterocycles. The lowest BCUT2D eigenvalue weighted by molar-refractivity contribution is -0.137. The van der Waals surface area contributed by atoms with Crippen LogP contribution in [0.4, 0.5) is 33.3 Å². The Hall–Kier alpha value is -4.03. The third kappa shape index (κ3) is 5.39. The molecule has 0 spiro atoms. The molecule has 0 bridgehead atoms. The molecular weight excluding hydrogens is 525 g/mol. The Morgan fingerprint density at radius 2 is 1.73 bits per heavy atom. The lowest BCUT2D eigenvalue weighted by Crippen LogP contribution is -2.21. The van der Waals surface area contributed by atoms with Crippen LogP contribution in [0.1, 0.15) is 43.4 Å². The number of hydrogen-bond acceptors (Lipinski definition) is 4. The van der Waals surface area contributed by atoms with Gasteiger partial charge >= 0.3 is 6.18 Å². The molecule has 0 aliphatic carbocycles. The Kier molecular flexibility index (Phi) is 6.89. The standard InChI is InChI=1S/C24H15ClF5N3O4/c25-17-2-1-12(26)6-15(17)21-20-16(23(37)33-21)7-14(31-19(35)9-34)8-18(20)32-22(36)10-3-11(24(28,29)30)5-13(27)4-10/h1-8,21,34H,9H2,(H,31,35)(H,32,36)(H,33,37).